The van der Waals surface area contributed by atoms with E-state index in [9.17, 15) is 0 Å². The van der Waals surface area contributed by atoms with Gasteiger partial charge in [-0.15, -0.1) is 0 Å². The fourth-order valence-corrected chi connectivity index (χ4v) is 1.22. The fraction of sp³-hybridized carbons (Fsp3) is 0.364. The number of benzene rings is 1. The summed E-state index contributed by atoms with van der Waals surface area (Å²) in [6, 6.07) is 7.06. The lowest BCUT2D eigenvalue weighted by Crippen LogP contribution is -2.22. The molecule has 0 unspecified atom stereocenters. The number of nitrogens with zero attached hydrogens (tertiary/aromatic N) is 1. The molecule has 0 aliphatic carbocycles. The highest BCUT2D eigenvalue weighted by molar-refractivity contribution is 6.31. The summed E-state index contributed by atoms with van der Waals surface area (Å²) in [6.45, 7) is 5.87. The Kier molecular flexibility index (Phi) is 3.03. The minimum atomic E-state index is -0.252. The molecule has 0 saturated heterocycles. The smallest absolute Gasteiger partial charge is 0.121 e. The van der Waals surface area contributed by atoms with E-state index in [-0.39, 0.29) is 5.60 Å². The van der Waals surface area contributed by atoms with Crippen molar-refractivity contribution in [2.75, 3.05) is 0 Å². The molecule has 14 heavy (non-hydrogen) atoms. The Hall–Kier alpha value is -1.20. The molecule has 0 atom stereocenters. The van der Waals surface area contributed by atoms with Crippen LogP contribution in [0.4, 0.5) is 0 Å². The Balaban J connectivity index is 2.94. The van der Waals surface area contributed by atoms with Crippen molar-refractivity contribution in [3.63, 3.8) is 0 Å². The van der Waals surface area contributed by atoms with Crippen LogP contribution in [0.15, 0.2) is 18.2 Å². The van der Waals surface area contributed by atoms with Crippen LogP contribution in [-0.4, -0.2) is 5.60 Å². The Labute approximate surface area is 89.1 Å². The molecular formula is C11H12ClNO. The SMILES string of the molecule is CC(C)(C)Oc1ccc(C#N)c(Cl)c1. The molecule has 0 amide bonds. The molecule has 0 saturated carbocycles. The molecule has 0 heterocycles. The highest BCUT2D eigenvalue weighted by Gasteiger charge is 2.12. The largest absolute Gasteiger partial charge is 0.488 e. The van der Waals surface area contributed by atoms with Gasteiger partial charge in [0.1, 0.15) is 17.4 Å². The normalized spacial score (nSPS) is 10.8. The second-order valence-electron chi connectivity index (χ2n) is 3.97. The minimum absolute atomic E-state index is 0.252. The lowest BCUT2D eigenvalue weighted by molar-refractivity contribution is 0.131. The van der Waals surface area contributed by atoms with Crippen LogP contribution in [-0.2, 0) is 0 Å². The van der Waals surface area contributed by atoms with E-state index >= 15 is 0 Å². The van der Waals surface area contributed by atoms with Gasteiger partial charge in [-0.3, -0.25) is 0 Å². The van der Waals surface area contributed by atoms with Gasteiger partial charge in [-0.05, 0) is 32.9 Å². The van der Waals surface area contributed by atoms with Gasteiger partial charge in [-0.2, -0.15) is 5.26 Å². The maximum atomic E-state index is 8.67. The van der Waals surface area contributed by atoms with Crippen molar-refractivity contribution in [2.45, 2.75) is 26.4 Å². The van der Waals surface area contributed by atoms with Gasteiger partial charge in [-0.1, -0.05) is 11.6 Å². The monoisotopic (exact) mass is 209 g/mol. The van der Waals surface area contributed by atoms with Crippen LogP contribution >= 0.6 is 11.6 Å². The van der Waals surface area contributed by atoms with Crippen LogP contribution in [0, 0.1) is 11.3 Å². The zero-order valence-corrected chi connectivity index (χ0v) is 9.22. The van der Waals surface area contributed by atoms with Crippen molar-refractivity contribution in [1.29, 1.82) is 5.26 Å². The molecule has 0 aliphatic heterocycles. The van der Waals surface area contributed by atoms with E-state index in [2.05, 4.69) is 0 Å². The molecule has 0 aliphatic rings. The topological polar surface area (TPSA) is 33.0 Å². The van der Waals surface area contributed by atoms with Crippen molar-refractivity contribution in [1.82, 2.24) is 0 Å². The van der Waals surface area contributed by atoms with Crippen LogP contribution in [0.1, 0.15) is 26.3 Å². The predicted molar refractivity (Wildman–Crippen MR) is 56.5 cm³/mol. The third-order valence-corrected chi connectivity index (χ3v) is 1.80. The zero-order valence-electron chi connectivity index (χ0n) is 8.47. The van der Waals surface area contributed by atoms with Crippen molar-refractivity contribution >= 4 is 11.6 Å². The summed E-state index contributed by atoms with van der Waals surface area (Å²) in [6.07, 6.45) is 0. The maximum Gasteiger partial charge on any atom is 0.121 e. The molecule has 0 fully saturated rings. The molecular weight excluding hydrogens is 198 g/mol. The van der Waals surface area contributed by atoms with Crippen LogP contribution in [0.5, 0.6) is 5.75 Å². The highest BCUT2D eigenvalue weighted by atomic mass is 35.5. The quantitative estimate of drug-likeness (QED) is 0.710. The number of nitriles is 1. The first-order chi connectivity index (χ1) is 6.42. The van der Waals surface area contributed by atoms with Crippen molar-refractivity contribution in [3.8, 4) is 11.8 Å². The molecule has 74 valence electrons. The second-order valence-corrected chi connectivity index (χ2v) is 4.38. The Morgan fingerprint density at radius 1 is 1.36 bits per heavy atom. The van der Waals surface area contributed by atoms with E-state index in [4.69, 9.17) is 21.6 Å². The summed E-state index contributed by atoms with van der Waals surface area (Å²) in [5, 5.41) is 9.09. The maximum absolute atomic E-state index is 8.67. The third-order valence-electron chi connectivity index (χ3n) is 1.49. The lowest BCUT2D eigenvalue weighted by atomic mass is 10.2. The van der Waals surface area contributed by atoms with Crippen molar-refractivity contribution in [3.05, 3.63) is 28.8 Å². The molecule has 2 nitrogen and oxygen atoms in total. The average Bonchev–Trinajstić information content (AvgIpc) is 2.01. The molecule has 0 radical (unpaired) electrons. The van der Waals surface area contributed by atoms with E-state index in [0.29, 0.717) is 16.3 Å². The van der Waals surface area contributed by atoms with Gasteiger partial charge in [0, 0.05) is 6.07 Å². The van der Waals surface area contributed by atoms with Crippen LogP contribution in [0.3, 0.4) is 0 Å². The summed E-state index contributed by atoms with van der Waals surface area (Å²) >= 11 is 5.86. The molecule has 3 heteroatoms. The van der Waals surface area contributed by atoms with Gasteiger partial charge < -0.3 is 4.74 Å². The summed E-state index contributed by atoms with van der Waals surface area (Å²) in [4.78, 5) is 0. The average molecular weight is 210 g/mol. The molecule has 1 aromatic rings. The van der Waals surface area contributed by atoms with Crippen LogP contribution in [0.25, 0.3) is 0 Å². The van der Waals surface area contributed by atoms with Gasteiger partial charge in [-0.25, -0.2) is 0 Å². The number of hydrogen-bond acceptors (Lipinski definition) is 2. The van der Waals surface area contributed by atoms with Gasteiger partial charge >= 0.3 is 0 Å². The van der Waals surface area contributed by atoms with Gasteiger partial charge in [0.25, 0.3) is 0 Å². The van der Waals surface area contributed by atoms with Crippen molar-refractivity contribution in [2.24, 2.45) is 0 Å². The fourth-order valence-electron chi connectivity index (χ4n) is 1.00. The first kappa shape index (κ1) is 10.9. The van der Waals surface area contributed by atoms with E-state index in [1.807, 2.05) is 26.8 Å². The van der Waals surface area contributed by atoms with E-state index < -0.39 is 0 Å². The zero-order chi connectivity index (χ0) is 10.8. The van der Waals surface area contributed by atoms with E-state index in [1.54, 1.807) is 18.2 Å². The molecule has 1 aromatic carbocycles. The van der Waals surface area contributed by atoms with Gasteiger partial charge in [0.2, 0.25) is 0 Å². The number of rotatable bonds is 1. The predicted octanol–water partition coefficient (Wildman–Crippen LogP) is 3.39. The second kappa shape index (κ2) is 3.89. The van der Waals surface area contributed by atoms with Crippen LogP contribution < -0.4 is 4.74 Å². The molecule has 0 spiro atoms. The van der Waals surface area contributed by atoms with E-state index in [1.165, 1.54) is 0 Å². The number of hydrogen-bond donors (Lipinski definition) is 0. The number of ether oxygens (including phenoxy) is 1. The Morgan fingerprint density at radius 3 is 2.43 bits per heavy atom. The summed E-state index contributed by atoms with van der Waals surface area (Å²) in [5.74, 6) is 0.682. The molecule has 1 rings (SSSR count). The standard InChI is InChI=1S/C11H12ClNO/c1-11(2,3)14-9-5-4-8(7-13)10(12)6-9/h4-6H,1-3H3. The first-order valence-electron chi connectivity index (χ1n) is 4.31. The van der Waals surface area contributed by atoms with Gasteiger partial charge in [0.15, 0.2) is 0 Å². The van der Waals surface area contributed by atoms with E-state index in [0.717, 1.165) is 0 Å². The molecule has 0 aromatic heterocycles. The lowest BCUT2D eigenvalue weighted by Gasteiger charge is -2.21. The molecule has 0 bridgehead atoms. The Bertz CT molecular complexity index is 374. The van der Waals surface area contributed by atoms with Crippen LogP contribution in [0.2, 0.25) is 5.02 Å². The summed E-state index contributed by atoms with van der Waals surface area (Å²) in [5.41, 5.74) is 0.213. The summed E-state index contributed by atoms with van der Waals surface area (Å²) < 4.78 is 5.59. The summed E-state index contributed by atoms with van der Waals surface area (Å²) in [7, 11) is 0. The van der Waals surface area contributed by atoms with Crippen molar-refractivity contribution < 1.29 is 4.74 Å². The molecule has 0 N–H and O–H groups in total. The highest BCUT2D eigenvalue weighted by Crippen LogP contribution is 2.24. The van der Waals surface area contributed by atoms with Gasteiger partial charge in [0.05, 0.1) is 10.6 Å². The first-order valence-corrected chi connectivity index (χ1v) is 4.69. The Morgan fingerprint density at radius 2 is 2.00 bits per heavy atom. The number of halogens is 1. The third kappa shape index (κ3) is 2.93. The minimum Gasteiger partial charge on any atom is -0.488 e.